The van der Waals surface area contributed by atoms with Gasteiger partial charge in [0.2, 0.25) is 0 Å². The van der Waals surface area contributed by atoms with Crippen molar-refractivity contribution in [3.8, 4) is 5.75 Å². The standard InChI is InChI=1S/C14H21NO3/c1-9(10(2)15)11-5-7-12(8-6-11)18-14(3,4)13(16)17/h5-10H,15H2,1-4H3,(H,16,17). The molecule has 0 aliphatic carbocycles. The average Bonchev–Trinajstić information content (AvgIpc) is 2.28. The van der Waals surface area contributed by atoms with E-state index in [1.165, 1.54) is 13.8 Å². The van der Waals surface area contributed by atoms with Gasteiger partial charge < -0.3 is 15.6 Å². The van der Waals surface area contributed by atoms with E-state index in [9.17, 15) is 4.79 Å². The molecule has 0 radical (unpaired) electrons. The molecular weight excluding hydrogens is 230 g/mol. The van der Waals surface area contributed by atoms with E-state index in [-0.39, 0.29) is 12.0 Å². The lowest BCUT2D eigenvalue weighted by Gasteiger charge is -2.22. The highest BCUT2D eigenvalue weighted by atomic mass is 16.5. The van der Waals surface area contributed by atoms with E-state index in [0.717, 1.165) is 5.56 Å². The molecule has 1 rings (SSSR count). The molecule has 0 bridgehead atoms. The van der Waals surface area contributed by atoms with E-state index in [0.29, 0.717) is 5.75 Å². The molecule has 18 heavy (non-hydrogen) atoms. The Balaban J connectivity index is 2.81. The highest BCUT2D eigenvalue weighted by Gasteiger charge is 2.29. The molecule has 0 aliphatic rings. The summed E-state index contributed by atoms with van der Waals surface area (Å²) in [5.74, 6) is -0.190. The molecular formula is C14H21NO3. The van der Waals surface area contributed by atoms with Crippen LogP contribution in [-0.4, -0.2) is 22.7 Å². The molecule has 4 nitrogen and oxygen atoms in total. The Hall–Kier alpha value is -1.55. The number of carbonyl (C=O) groups is 1. The van der Waals surface area contributed by atoms with Gasteiger partial charge in [-0.05, 0) is 44.4 Å². The largest absolute Gasteiger partial charge is 0.478 e. The van der Waals surface area contributed by atoms with Gasteiger partial charge in [0.1, 0.15) is 5.75 Å². The highest BCUT2D eigenvalue weighted by Crippen LogP contribution is 2.23. The molecule has 0 heterocycles. The van der Waals surface area contributed by atoms with Crippen LogP contribution in [0, 0.1) is 0 Å². The lowest BCUT2D eigenvalue weighted by atomic mass is 9.95. The second-order valence-electron chi connectivity index (χ2n) is 5.13. The van der Waals surface area contributed by atoms with Crippen molar-refractivity contribution in [2.45, 2.75) is 45.3 Å². The SMILES string of the molecule is CC(N)C(C)c1ccc(OC(C)(C)C(=O)O)cc1. The van der Waals surface area contributed by atoms with Crippen LogP contribution in [0.3, 0.4) is 0 Å². The summed E-state index contributed by atoms with van der Waals surface area (Å²) in [7, 11) is 0. The fourth-order valence-electron chi connectivity index (χ4n) is 1.48. The molecule has 0 amide bonds. The predicted molar refractivity (Wildman–Crippen MR) is 70.8 cm³/mol. The van der Waals surface area contributed by atoms with Crippen LogP contribution < -0.4 is 10.5 Å². The maximum absolute atomic E-state index is 10.9. The number of benzene rings is 1. The first-order valence-corrected chi connectivity index (χ1v) is 6.02. The van der Waals surface area contributed by atoms with Gasteiger partial charge in [0.25, 0.3) is 0 Å². The summed E-state index contributed by atoms with van der Waals surface area (Å²) in [6.45, 7) is 7.06. The van der Waals surface area contributed by atoms with E-state index in [1.807, 2.05) is 19.1 Å². The van der Waals surface area contributed by atoms with Crippen molar-refractivity contribution >= 4 is 5.97 Å². The third kappa shape index (κ3) is 3.47. The smallest absolute Gasteiger partial charge is 0.347 e. The second kappa shape index (κ2) is 5.40. The topological polar surface area (TPSA) is 72.5 Å². The molecule has 1 aromatic rings. The second-order valence-corrected chi connectivity index (χ2v) is 5.13. The maximum Gasteiger partial charge on any atom is 0.347 e. The number of ether oxygens (including phenoxy) is 1. The van der Waals surface area contributed by atoms with Crippen LogP contribution >= 0.6 is 0 Å². The first kappa shape index (κ1) is 14.5. The Labute approximate surface area is 108 Å². The Morgan fingerprint density at radius 1 is 1.28 bits per heavy atom. The molecule has 0 fully saturated rings. The third-order valence-electron chi connectivity index (χ3n) is 3.08. The van der Waals surface area contributed by atoms with Gasteiger partial charge in [-0.25, -0.2) is 4.79 Å². The van der Waals surface area contributed by atoms with Crippen molar-refractivity contribution in [1.29, 1.82) is 0 Å². The monoisotopic (exact) mass is 251 g/mol. The minimum absolute atomic E-state index is 0.0761. The molecule has 100 valence electrons. The number of nitrogens with two attached hydrogens (primary N) is 1. The number of hydrogen-bond acceptors (Lipinski definition) is 3. The zero-order chi connectivity index (χ0) is 13.9. The van der Waals surface area contributed by atoms with Gasteiger partial charge in [0.15, 0.2) is 5.60 Å². The molecule has 0 aromatic heterocycles. The zero-order valence-electron chi connectivity index (χ0n) is 11.3. The van der Waals surface area contributed by atoms with E-state index in [1.54, 1.807) is 12.1 Å². The lowest BCUT2D eigenvalue weighted by molar-refractivity contribution is -0.152. The van der Waals surface area contributed by atoms with Gasteiger partial charge in [-0.1, -0.05) is 19.1 Å². The predicted octanol–water partition coefficient (Wildman–Crippen LogP) is 2.38. The van der Waals surface area contributed by atoms with Crippen LogP contribution in [0.2, 0.25) is 0 Å². The maximum atomic E-state index is 10.9. The Morgan fingerprint density at radius 2 is 1.78 bits per heavy atom. The van der Waals surface area contributed by atoms with Crippen LogP contribution in [0.15, 0.2) is 24.3 Å². The summed E-state index contributed by atoms with van der Waals surface area (Å²) < 4.78 is 5.43. The minimum atomic E-state index is -1.23. The third-order valence-corrected chi connectivity index (χ3v) is 3.08. The lowest BCUT2D eigenvalue weighted by Crippen LogP contribution is -2.37. The Morgan fingerprint density at radius 3 is 2.17 bits per heavy atom. The summed E-state index contributed by atoms with van der Waals surface area (Å²) in [6.07, 6.45) is 0. The number of rotatable bonds is 5. The number of aliphatic carboxylic acids is 1. The Kier molecular flexibility index (Phi) is 4.35. The first-order chi connectivity index (χ1) is 8.24. The Bertz CT molecular complexity index is 410. The fourth-order valence-corrected chi connectivity index (χ4v) is 1.48. The van der Waals surface area contributed by atoms with Crippen LogP contribution in [0.4, 0.5) is 0 Å². The summed E-state index contributed by atoms with van der Waals surface area (Å²) in [5.41, 5.74) is 5.73. The number of carboxylic acids is 1. The molecule has 3 N–H and O–H groups in total. The average molecular weight is 251 g/mol. The van der Waals surface area contributed by atoms with Gasteiger partial charge in [0.05, 0.1) is 0 Å². The van der Waals surface area contributed by atoms with E-state index >= 15 is 0 Å². The van der Waals surface area contributed by atoms with E-state index < -0.39 is 11.6 Å². The molecule has 0 aliphatic heterocycles. The molecule has 0 spiro atoms. The van der Waals surface area contributed by atoms with Gasteiger partial charge >= 0.3 is 5.97 Å². The number of hydrogen-bond donors (Lipinski definition) is 2. The summed E-state index contributed by atoms with van der Waals surface area (Å²) in [6, 6.07) is 7.47. The van der Waals surface area contributed by atoms with Crippen LogP contribution in [0.5, 0.6) is 5.75 Å². The van der Waals surface area contributed by atoms with Crippen LogP contribution in [0.1, 0.15) is 39.2 Å². The van der Waals surface area contributed by atoms with Crippen molar-refractivity contribution in [3.63, 3.8) is 0 Å². The summed E-state index contributed by atoms with van der Waals surface area (Å²) in [5, 5.41) is 8.98. The van der Waals surface area contributed by atoms with Crippen LogP contribution in [-0.2, 0) is 4.79 Å². The van der Waals surface area contributed by atoms with E-state index in [2.05, 4.69) is 6.92 Å². The molecule has 2 unspecified atom stereocenters. The van der Waals surface area contributed by atoms with Crippen molar-refractivity contribution in [1.82, 2.24) is 0 Å². The summed E-state index contributed by atoms with van der Waals surface area (Å²) >= 11 is 0. The van der Waals surface area contributed by atoms with Crippen molar-refractivity contribution in [2.75, 3.05) is 0 Å². The minimum Gasteiger partial charge on any atom is -0.478 e. The fraction of sp³-hybridized carbons (Fsp3) is 0.500. The molecule has 4 heteroatoms. The zero-order valence-corrected chi connectivity index (χ0v) is 11.3. The van der Waals surface area contributed by atoms with Gasteiger partial charge in [-0.15, -0.1) is 0 Å². The molecule has 0 saturated heterocycles. The summed E-state index contributed by atoms with van der Waals surface area (Å²) in [4.78, 5) is 10.9. The first-order valence-electron chi connectivity index (χ1n) is 6.02. The van der Waals surface area contributed by atoms with Gasteiger partial charge in [-0.3, -0.25) is 0 Å². The van der Waals surface area contributed by atoms with Crippen molar-refractivity contribution < 1.29 is 14.6 Å². The van der Waals surface area contributed by atoms with Crippen molar-refractivity contribution in [3.05, 3.63) is 29.8 Å². The van der Waals surface area contributed by atoms with Gasteiger partial charge in [0, 0.05) is 6.04 Å². The molecule has 0 saturated carbocycles. The number of carboxylic acid groups (broad SMARTS) is 1. The normalized spacial score (nSPS) is 14.9. The van der Waals surface area contributed by atoms with Crippen LogP contribution in [0.25, 0.3) is 0 Å². The van der Waals surface area contributed by atoms with E-state index in [4.69, 9.17) is 15.6 Å². The van der Waals surface area contributed by atoms with Gasteiger partial charge in [-0.2, -0.15) is 0 Å². The van der Waals surface area contributed by atoms with Crippen molar-refractivity contribution in [2.24, 2.45) is 5.73 Å². The molecule has 2 atom stereocenters. The quantitative estimate of drug-likeness (QED) is 0.842. The highest BCUT2D eigenvalue weighted by molar-refractivity contribution is 5.76. The molecule has 1 aromatic carbocycles.